The van der Waals surface area contributed by atoms with E-state index in [0.29, 0.717) is 16.8 Å². The highest BCUT2D eigenvalue weighted by atomic mass is 35.5. The van der Waals surface area contributed by atoms with Crippen molar-refractivity contribution >= 4 is 34.1 Å². The Balaban J connectivity index is 1.66. The van der Waals surface area contributed by atoms with Crippen molar-refractivity contribution in [2.45, 2.75) is 19.3 Å². The summed E-state index contributed by atoms with van der Waals surface area (Å²) in [5, 5.41) is 1.90. The van der Waals surface area contributed by atoms with Crippen LogP contribution < -0.4 is 4.48 Å². The number of aromatic amines is 1. The Bertz CT molecular complexity index is 887. The number of carbonyl (C=O) groups excluding carboxylic acids is 1. The third-order valence-electron chi connectivity index (χ3n) is 5.15. The van der Waals surface area contributed by atoms with E-state index >= 15 is 0 Å². The second-order valence-corrected chi connectivity index (χ2v) is 6.94. The average molecular weight is 340 g/mol. The van der Waals surface area contributed by atoms with Gasteiger partial charge in [-0.05, 0) is 35.9 Å². The van der Waals surface area contributed by atoms with E-state index < -0.39 is 0 Å². The number of halogens is 1. The van der Waals surface area contributed by atoms with Crippen LogP contribution in [0.15, 0.2) is 54.7 Å². The van der Waals surface area contributed by atoms with E-state index in [1.165, 1.54) is 5.56 Å². The van der Waals surface area contributed by atoms with Crippen molar-refractivity contribution in [2.75, 3.05) is 13.1 Å². The van der Waals surface area contributed by atoms with Gasteiger partial charge in [0.1, 0.15) is 5.69 Å². The predicted molar refractivity (Wildman–Crippen MR) is 99.2 cm³/mol. The minimum Gasteiger partial charge on any atom is -0.361 e. The molecule has 2 heterocycles. The molecular weight excluding hydrogens is 320 g/mol. The summed E-state index contributed by atoms with van der Waals surface area (Å²) in [5.41, 5.74) is 3.42. The lowest BCUT2D eigenvalue weighted by Crippen LogP contribution is -2.51. The minimum atomic E-state index is 0.332. The normalized spacial score (nSPS) is 20.8. The quantitative estimate of drug-likeness (QED) is 0.687. The number of hydrogen-bond acceptors (Lipinski definition) is 1. The fraction of sp³-hybridized carbons (Fsp3) is 0.250. The first-order valence-electron chi connectivity index (χ1n) is 8.41. The number of hydrogen-bond donors (Lipinski definition) is 1. The number of rotatable bonds is 4. The van der Waals surface area contributed by atoms with E-state index in [0.717, 1.165) is 47.5 Å². The lowest BCUT2D eigenvalue weighted by atomic mass is 10.1. The van der Waals surface area contributed by atoms with Crippen LogP contribution in [0.1, 0.15) is 18.4 Å². The highest BCUT2D eigenvalue weighted by Gasteiger charge is 2.42. The summed E-state index contributed by atoms with van der Waals surface area (Å²) in [6, 6.07) is 16.1. The number of para-hydroxylation sites is 1. The Morgan fingerprint density at radius 1 is 1.12 bits per heavy atom. The number of likely N-dealkylation sites (tertiary alicyclic amines) is 1. The predicted octanol–water partition coefficient (Wildman–Crippen LogP) is 4.69. The molecule has 1 saturated heterocycles. The second-order valence-electron chi connectivity index (χ2n) is 6.50. The molecule has 0 bridgehead atoms. The SMILES string of the molecule is O=C1CCC[N+]1(CCc1c[nH]c2ccc(Cl)cc12)c1ccccc1. The molecule has 1 unspecified atom stereocenters. The molecule has 3 aromatic rings. The second kappa shape index (κ2) is 6.08. The van der Waals surface area contributed by atoms with Crippen LogP contribution in [0, 0.1) is 0 Å². The third-order valence-corrected chi connectivity index (χ3v) is 5.39. The van der Waals surface area contributed by atoms with Gasteiger partial charge in [0.05, 0.1) is 19.5 Å². The van der Waals surface area contributed by atoms with Crippen LogP contribution in [0.4, 0.5) is 5.69 Å². The molecular formula is C20H20ClN2O+. The van der Waals surface area contributed by atoms with Crippen LogP contribution >= 0.6 is 11.6 Å². The molecule has 3 nitrogen and oxygen atoms in total. The molecule has 0 spiro atoms. The van der Waals surface area contributed by atoms with E-state index in [1.54, 1.807) is 0 Å². The molecule has 1 amide bonds. The molecule has 0 saturated carbocycles. The van der Waals surface area contributed by atoms with Gasteiger partial charge in [0.25, 0.3) is 0 Å². The number of nitrogens with zero attached hydrogens (tertiary/aromatic N) is 1. The maximum Gasteiger partial charge on any atom is 0.318 e. The number of carbonyl (C=O) groups is 1. The molecule has 0 aliphatic carbocycles. The minimum absolute atomic E-state index is 0.332. The smallest absolute Gasteiger partial charge is 0.318 e. The van der Waals surface area contributed by atoms with E-state index in [2.05, 4.69) is 17.1 Å². The summed E-state index contributed by atoms with van der Waals surface area (Å²) in [6.45, 7) is 1.69. The van der Waals surface area contributed by atoms with Crippen molar-refractivity contribution in [1.82, 2.24) is 9.47 Å². The van der Waals surface area contributed by atoms with E-state index in [-0.39, 0.29) is 0 Å². The van der Waals surface area contributed by atoms with Crippen molar-refractivity contribution in [3.63, 3.8) is 0 Å². The molecule has 1 aliphatic rings. The van der Waals surface area contributed by atoms with Gasteiger partial charge in [-0.25, -0.2) is 9.28 Å². The van der Waals surface area contributed by atoms with E-state index in [4.69, 9.17) is 11.6 Å². The molecule has 4 rings (SSSR count). The lowest BCUT2D eigenvalue weighted by molar-refractivity contribution is -0.127. The number of H-pyrrole nitrogens is 1. The maximum absolute atomic E-state index is 12.7. The number of amides is 1. The molecule has 4 heteroatoms. The molecule has 2 aromatic carbocycles. The molecule has 1 N–H and O–H groups in total. The zero-order valence-corrected chi connectivity index (χ0v) is 14.2. The summed E-state index contributed by atoms with van der Waals surface area (Å²) < 4.78 is 0.466. The Labute approximate surface area is 146 Å². The van der Waals surface area contributed by atoms with Gasteiger partial charge in [-0.15, -0.1) is 0 Å². The first kappa shape index (κ1) is 15.4. The topological polar surface area (TPSA) is 32.9 Å². The Morgan fingerprint density at radius 2 is 1.96 bits per heavy atom. The number of quaternary nitrogens is 1. The van der Waals surface area contributed by atoms with Crippen LogP contribution in [0.3, 0.4) is 0 Å². The van der Waals surface area contributed by atoms with Gasteiger partial charge in [0.15, 0.2) is 0 Å². The van der Waals surface area contributed by atoms with Gasteiger partial charge < -0.3 is 4.98 Å². The Morgan fingerprint density at radius 3 is 2.71 bits per heavy atom. The van der Waals surface area contributed by atoms with Crippen LogP contribution in [-0.4, -0.2) is 24.0 Å². The molecule has 0 radical (unpaired) electrons. The molecule has 1 aliphatic heterocycles. The monoisotopic (exact) mass is 339 g/mol. The number of nitrogens with one attached hydrogen (secondary N) is 1. The molecule has 122 valence electrons. The van der Waals surface area contributed by atoms with Crippen molar-refractivity contribution in [1.29, 1.82) is 0 Å². The van der Waals surface area contributed by atoms with Gasteiger partial charge in [-0.3, -0.25) is 0 Å². The largest absolute Gasteiger partial charge is 0.361 e. The third kappa shape index (κ3) is 2.54. The fourth-order valence-electron chi connectivity index (χ4n) is 3.86. The average Bonchev–Trinajstić information content (AvgIpc) is 3.18. The highest BCUT2D eigenvalue weighted by molar-refractivity contribution is 6.31. The van der Waals surface area contributed by atoms with Crippen LogP contribution in [0.2, 0.25) is 5.02 Å². The zero-order valence-electron chi connectivity index (χ0n) is 13.5. The number of fused-ring (bicyclic) bond motifs is 1. The van der Waals surface area contributed by atoms with Crippen LogP contribution in [-0.2, 0) is 11.2 Å². The van der Waals surface area contributed by atoms with Crippen molar-refractivity contribution in [2.24, 2.45) is 0 Å². The zero-order chi connectivity index (χ0) is 16.6. The summed E-state index contributed by atoms with van der Waals surface area (Å²) >= 11 is 6.15. The highest BCUT2D eigenvalue weighted by Crippen LogP contribution is 2.32. The van der Waals surface area contributed by atoms with Gasteiger partial charge in [0.2, 0.25) is 0 Å². The maximum atomic E-state index is 12.7. The molecule has 1 fully saturated rings. The Kier molecular flexibility index (Phi) is 3.91. The van der Waals surface area contributed by atoms with Crippen molar-refractivity contribution < 1.29 is 4.79 Å². The summed E-state index contributed by atoms with van der Waals surface area (Å²) in [5.74, 6) is 0.332. The van der Waals surface area contributed by atoms with Gasteiger partial charge >= 0.3 is 5.91 Å². The van der Waals surface area contributed by atoms with Gasteiger partial charge in [-0.1, -0.05) is 29.8 Å². The van der Waals surface area contributed by atoms with Crippen LogP contribution in [0.5, 0.6) is 0 Å². The molecule has 1 aromatic heterocycles. The fourth-order valence-corrected chi connectivity index (χ4v) is 4.03. The summed E-state index contributed by atoms with van der Waals surface area (Å²) in [7, 11) is 0. The summed E-state index contributed by atoms with van der Waals surface area (Å²) in [4.78, 5) is 16.0. The molecule has 24 heavy (non-hydrogen) atoms. The first-order valence-corrected chi connectivity index (χ1v) is 8.78. The lowest BCUT2D eigenvalue weighted by Gasteiger charge is -2.31. The standard InChI is InChI=1S/C20H20ClN2O/c21-16-8-9-19-18(13-16)15(14-22-19)10-12-23(11-4-7-20(23)24)17-5-2-1-3-6-17/h1-3,5-6,8-9,13-14,22H,4,7,10-12H2/q+1. The number of aromatic nitrogens is 1. The summed E-state index contributed by atoms with van der Waals surface area (Å²) in [6.07, 6.45) is 4.53. The Hall–Kier alpha value is -2.10. The first-order chi connectivity index (χ1) is 11.7. The number of benzene rings is 2. The van der Waals surface area contributed by atoms with Gasteiger partial charge in [-0.2, -0.15) is 0 Å². The van der Waals surface area contributed by atoms with Crippen molar-refractivity contribution in [3.05, 3.63) is 65.3 Å². The van der Waals surface area contributed by atoms with E-state index in [1.807, 2.05) is 42.6 Å². The molecule has 1 atom stereocenters. The van der Waals surface area contributed by atoms with Gasteiger partial charge in [0, 0.05) is 35.0 Å². The van der Waals surface area contributed by atoms with Crippen LogP contribution in [0.25, 0.3) is 10.9 Å². The van der Waals surface area contributed by atoms with Crippen molar-refractivity contribution in [3.8, 4) is 0 Å². The van der Waals surface area contributed by atoms with E-state index in [9.17, 15) is 4.79 Å².